The summed E-state index contributed by atoms with van der Waals surface area (Å²) in [6, 6.07) is 11.1. The molecule has 4 nitrogen and oxygen atoms in total. The number of aliphatic imine (C=N–C) groups is 1. The van der Waals surface area contributed by atoms with Crippen molar-refractivity contribution < 1.29 is 4.74 Å². The standard InChI is InChI=1S/C13H10BrN3O/c1-18-13(10(8-15)9-16)6-7-17-12-4-2-11(14)3-5-12/h2-7,10H,1H3/b13-6-,17-7?. The molecule has 0 fully saturated rings. The predicted octanol–water partition coefficient (Wildman–Crippen LogP) is 3.35. The van der Waals surface area contributed by atoms with Crippen LogP contribution < -0.4 is 0 Å². The van der Waals surface area contributed by atoms with Gasteiger partial charge in [-0.05, 0) is 30.3 Å². The lowest BCUT2D eigenvalue weighted by atomic mass is 10.1. The smallest absolute Gasteiger partial charge is 0.189 e. The van der Waals surface area contributed by atoms with Gasteiger partial charge in [0.25, 0.3) is 0 Å². The van der Waals surface area contributed by atoms with Crippen LogP contribution in [0, 0.1) is 28.6 Å². The molecule has 1 aromatic rings. The van der Waals surface area contributed by atoms with Crippen LogP contribution in [0.2, 0.25) is 0 Å². The number of nitrogens with zero attached hydrogens (tertiary/aromatic N) is 3. The number of hydrogen-bond donors (Lipinski definition) is 0. The van der Waals surface area contributed by atoms with Gasteiger partial charge in [0.2, 0.25) is 0 Å². The molecule has 0 aliphatic carbocycles. The zero-order valence-corrected chi connectivity index (χ0v) is 11.3. The first kappa shape index (κ1) is 14.0. The number of ether oxygens (including phenoxy) is 1. The second-order valence-corrected chi connectivity index (χ2v) is 4.13. The molecule has 1 aromatic carbocycles. The van der Waals surface area contributed by atoms with Crippen molar-refractivity contribution in [3.8, 4) is 12.1 Å². The van der Waals surface area contributed by atoms with Gasteiger partial charge < -0.3 is 4.74 Å². The van der Waals surface area contributed by atoms with E-state index in [0.717, 1.165) is 10.2 Å². The molecule has 90 valence electrons. The molecule has 0 saturated heterocycles. The molecule has 0 aliphatic rings. The van der Waals surface area contributed by atoms with Gasteiger partial charge in [0, 0.05) is 10.7 Å². The summed E-state index contributed by atoms with van der Waals surface area (Å²) in [7, 11) is 1.42. The Morgan fingerprint density at radius 3 is 2.44 bits per heavy atom. The van der Waals surface area contributed by atoms with Crippen LogP contribution in [0.4, 0.5) is 5.69 Å². The van der Waals surface area contributed by atoms with E-state index in [1.54, 1.807) is 0 Å². The number of halogens is 1. The third kappa shape index (κ3) is 4.04. The van der Waals surface area contributed by atoms with Gasteiger partial charge in [-0.2, -0.15) is 10.5 Å². The summed E-state index contributed by atoms with van der Waals surface area (Å²) in [5.41, 5.74) is 0.773. The molecular weight excluding hydrogens is 294 g/mol. The fraction of sp³-hybridized carbons (Fsp3) is 0.154. The first-order valence-corrected chi connectivity index (χ1v) is 5.83. The van der Waals surface area contributed by atoms with Gasteiger partial charge in [0.15, 0.2) is 5.92 Å². The molecule has 0 spiro atoms. The Bertz CT molecular complexity index is 521. The van der Waals surface area contributed by atoms with E-state index in [2.05, 4.69) is 20.9 Å². The quantitative estimate of drug-likeness (QED) is 0.632. The zero-order valence-electron chi connectivity index (χ0n) is 9.67. The summed E-state index contributed by atoms with van der Waals surface area (Å²) in [6.45, 7) is 0. The van der Waals surface area contributed by atoms with Crippen LogP contribution in [0.15, 0.2) is 45.6 Å². The van der Waals surface area contributed by atoms with Gasteiger partial charge in [-0.15, -0.1) is 0 Å². The molecule has 0 radical (unpaired) electrons. The Morgan fingerprint density at radius 1 is 1.33 bits per heavy atom. The van der Waals surface area contributed by atoms with Crippen LogP contribution in [0.1, 0.15) is 0 Å². The first-order chi connectivity index (χ1) is 8.71. The topological polar surface area (TPSA) is 69.2 Å². The predicted molar refractivity (Wildman–Crippen MR) is 72.1 cm³/mol. The van der Waals surface area contributed by atoms with Crippen LogP contribution in [0.5, 0.6) is 0 Å². The molecule has 0 amide bonds. The van der Waals surface area contributed by atoms with Crippen LogP contribution >= 0.6 is 15.9 Å². The third-order valence-corrected chi connectivity index (χ3v) is 2.60. The summed E-state index contributed by atoms with van der Waals surface area (Å²) < 4.78 is 5.94. The SMILES string of the molecule is CO/C(=C\C=Nc1ccc(Br)cc1)C(C#N)C#N. The average molecular weight is 304 g/mol. The van der Waals surface area contributed by atoms with Crippen molar-refractivity contribution in [1.29, 1.82) is 10.5 Å². The van der Waals surface area contributed by atoms with E-state index < -0.39 is 5.92 Å². The van der Waals surface area contributed by atoms with Crippen LogP contribution in [0.25, 0.3) is 0 Å². The number of hydrogen-bond acceptors (Lipinski definition) is 4. The van der Waals surface area contributed by atoms with Crippen molar-refractivity contribution in [2.75, 3.05) is 7.11 Å². The molecule has 0 bridgehead atoms. The van der Waals surface area contributed by atoms with Crippen molar-refractivity contribution in [2.24, 2.45) is 10.9 Å². The fourth-order valence-electron chi connectivity index (χ4n) is 1.16. The molecule has 0 heterocycles. The molecule has 0 atom stereocenters. The van der Waals surface area contributed by atoms with E-state index in [4.69, 9.17) is 15.3 Å². The zero-order chi connectivity index (χ0) is 13.4. The maximum atomic E-state index is 8.73. The summed E-state index contributed by atoms with van der Waals surface area (Å²) in [4.78, 5) is 4.17. The van der Waals surface area contributed by atoms with E-state index in [9.17, 15) is 0 Å². The van der Waals surface area contributed by atoms with E-state index in [1.165, 1.54) is 19.4 Å². The summed E-state index contributed by atoms with van der Waals surface area (Å²) in [5.74, 6) is -0.632. The van der Waals surface area contributed by atoms with E-state index >= 15 is 0 Å². The van der Waals surface area contributed by atoms with Crippen molar-refractivity contribution >= 4 is 27.8 Å². The highest BCUT2D eigenvalue weighted by Crippen LogP contribution is 2.16. The highest BCUT2D eigenvalue weighted by atomic mass is 79.9. The van der Waals surface area contributed by atoms with Crippen LogP contribution in [-0.2, 0) is 4.74 Å². The number of methoxy groups -OCH3 is 1. The summed E-state index contributed by atoms with van der Waals surface area (Å²) in [5, 5.41) is 17.5. The number of allylic oxidation sites excluding steroid dienone is 2. The second-order valence-electron chi connectivity index (χ2n) is 3.22. The highest BCUT2D eigenvalue weighted by Gasteiger charge is 2.11. The van der Waals surface area contributed by atoms with Crippen LogP contribution in [-0.4, -0.2) is 13.3 Å². The molecule has 0 aliphatic heterocycles. The van der Waals surface area contributed by atoms with Crippen molar-refractivity contribution in [3.05, 3.63) is 40.6 Å². The molecule has 0 saturated carbocycles. The maximum absolute atomic E-state index is 8.73. The third-order valence-electron chi connectivity index (χ3n) is 2.07. The number of benzene rings is 1. The minimum atomic E-state index is -0.911. The Morgan fingerprint density at radius 2 is 1.94 bits per heavy atom. The van der Waals surface area contributed by atoms with E-state index in [0.29, 0.717) is 0 Å². The largest absolute Gasteiger partial charge is 0.499 e. The lowest BCUT2D eigenvalue weighted by Crippen LogP contribution is -2.00. The van der Waals surface area contributed by atoms with Gasteiger partial charge in [-0.1, -0.05) is 15.9 Å². The Labute approximate surface area is 114 Å². The monoisotopic (exact) mass is 303 g/mol. The van der Waals surface area contributed by atoms with Crippen LogP contribution in [0.3, 0.4) is 0 Å². The van der Waals surface area contributed by atoms with Crippen molar-refractivity contribution in [3.63, 3.8) is 0 Å². The molecule has 0 N–H and O–H groups in total. The number of rotatable bonds is 4. The normalized spacial score (nSPS) is 11.3. The van der Waals surface area contributed by atoms with Crippen molar-refractivity contribution in [2.45, 2.75) is 0 Å². The lowest BCUT2D eigenvalue weighted by Gasteiger charge is -2.03. The fourth-order valence-corrected chi connectivity index (χ4v) is 1.43. The Kier molecular flexibility index (Phi) is 5.63. The minimum absolute atomic E-state index is 0.279. The average Bonchev–Trinajstić information content (AvgIpc) is 2.40. The molecule has 18 heavy (non-hydrogen) atoms. The first-order valence-electron chi connectivity index (χ1n) is 5.04. The molecular formula is C13H10BrN3O. The Balaban J connectivity index is 2.81. The summed E-state index contributed by atoms with van der Waals surface area (Å²) >= 11 is 3.33. The molecule has 1 rings (SSSR count). The van der Waals surface area contributed by atoms with Gasteiger partial charge >= 0.3 is 0 Å². The van der Waals surface area contributed by atoms with Gasteiger partial charge in [-0.25, -0.2) is 0 Å². The second kappa shape index (κ2) is 7.26. The molecule has 0 unspecified atom stereocenters. The minimum Gasteiger partial charge on any atom is -0.499 e. The van der Waals surface area contributed by atoms with E-state index in [-0.39, 0.29) is 5.76 Å². The van der Waals surface area contributed by atoms with Gasteiger partial charge in [-0.3, -0.25) is 4.99 Å². The highest BCUT2D eigenvalue weighted by molar-refractivity contribution is 9.10. The van der Waals surface area contributed by atoms with Gasteiger partial charge in [0.05, 0.1) is 24.9 Å². The maximum Gasteiger partial charge on any atom is 0.189 e. The summed E-state index contributed by atoms with van der Waals surface area (Å²) in [6.07, 6.45) is 3.02. The number of nitriles is 2. The van der Waals surface area contributed by atoms with Gasteiger partial charge in [0.1, 0.15) is 5.76 Å². The van der Waals surface area contributed by atoms with Crippen molar-refractivity contribution in [1.82, 2.24) is 0 Å². The van der Waals surface area contributed by atoms with E-state index in [1.807, 2.05) is 36.4 Å². The Hall–Kier alpha value is -2.11. The molecule has 0 aromatic heterocycles. The lowest BCUT2D eigenvalue weighted by molar-refractivity contribution is 0.272. The molecule has 5 heteroatoms.